The van der Waals surface area contributed by atoms with Crippen LogP contribution in [0.15, 0.2) is 0 Å². The highest BCUT2D eigenvalue weighted by atomic mass is 16.6. The van der Waals surface area contributed by atoms with Crippen molar-refractivity contribution in [3.8, 4) is 0 Å². The van der Waals surface area contributed by atoms with Gasteiger partial charge in [0.1, 0.15) is 11.8 Å². The van der Waals surface area contributed by atoms with E-state index < -0.39 is 23.9 Å². The molecule has 0 radical (unpaired) electrons. The molecule has 0 aromatic carbocycles. The first-order valence-electron chi connectivity index (χ1n) is 4.49. The Morgan fingerprint density at radius 1 is 1.40 bits per heavy atom. The van der Waals surface area contributed by atoms with E-state index in [0.29, 0.717) is 0 Å². The molecule has 0 saturated carbocycles. The van der Waals surface area contributed by atoms with Crippen LogP contribution in [0.25, 0.3) is 0 Å². The molecule has 0 bridgehead atoms. The van der Waals surface area contributed by atoms with E-state index in [0.717, 1.165) is 0 Å². The molecule has 0 saturated heterocycles. The van der Waals surface area contributed by atoms with E-state index >= 15 is 0 Å². The van der Waals surface area contributed by atoms with Crippen molar-refractivity contribution in [1.29, 1.82) is 0 Å². The summed E-state index contributed by atoms with van der Waals surface area (Å²) in [6.45, 7) is 5.08. The molecule has 0 aromatic rings. The van der Waals surface area contributed by atoms with Gasteiger partial charge in [-0.15, -0.1) is 0 Å². The number of hydrogen-bond donors (Lipinski definition) is 2. The topological polar surface area (TPSA) is 84.9 Å². The predicted octanol–water partition coefficient (Wildman–Crippen LogP) is 0.393. The van der Waals surface area contributed by atoms with E-state index in [1.54, 1.807) is 20.8 Å². The molecule has 0 spiro atoms. The van der Waals surface area contributed by atoms with Crippen LogP contribution in [-0.2, 0) is 14.3 Å². The van der Waals surface area contributed by atoms with Crippen LogP contribution in [0.2, 0.25) is 0 Å². The molecule has 6 nitrogen and oxygen atoms in total. The van der Waals surface area contributed by atoms with Crippen molar-refractivity contribution in [3.05, 3.63) is 0 Å². The summed E-state index contributed by atoms with van der Waals surface area (Å²) in [5, 5.41) is 11.3. The molecule has 0 heterocycles. The van der Waals surface area contributed by atoms with Crippen molar-refractivity contribution in [1.82, 2.24) is 5.32 Å². The highest BCUT2D eigenvalue weighted by molar-refractivity contribution is 5.72. The maximum Gasteiger partial charge on any atom is 0.409 e. The second-order valence-electron chi connectivity index (χ2n) is 3.94. The second kappa shape index (κ2) is 5.55. The van der Waals surface area contributed by atoms with Crippen molar-refractivity contribution < 1.29 is 24.2 Å². The number of rotatable bonds is 3. The fraction of sp³-hybridized carbons (Fsp3) is 0.778. The Bertz CT molecular complexity index is 233. The average molecular weight is 219 g/mol. The third-order valence-corrected chi connectivity index (χ3v) is 1.27. The standard InChI is InChI=1S/C9H17NO5/c1-9(2,3)15-8(13)10-6(11)5-7(12)14-4/h6,11H,5H2,1-4H3,(H,10,13)/t6-/m1/s1. The molecule has 0 fully saturated rings. The lowest BCUT2D eigenvalue weighted by Gasteiger charge is -2.21. The minimum Gasteiger partial charge on any atom is -0.469 e. The predicted molar refractivity (Wildman–Crippen MR) is 52.0 cm³/mol. The van der Waals surface area contributed by atoms with Gasteiger partial charge in [0, 0.05) is 0 Å². The lowest BCUT2D eigenvalue weighted by atomic mass is 10.2. The molecule has 6 heteroatoms. The van der Waals surface area contributed by atoms with Crippen molar-refractivity contribution in [2.24, 2.45) is 0 Å². The molecular formula is C9H17NO5. The summed E-state index contributed by atoms with van der Waals surface area (Å²) in [7, 11) is 1.20. The molecular weight excluding hydrogens is 202 g/mol. The summed E-state index contributed by atoms with van der Waals surface area (Å²) < 4.78 is 9.17. The number of esters is 1. The lowest BCUT2D eigenvalue weighted by Crippen LogP contribution is -2.40. The minimum atomic E-state index is -1.30. The van der Waals surface area contributed by atoms with Gasteiger partial charge in [0.25, 0.3) is 0 Å². The first-order valence-corrected chi connectivity index (χ1v) is 4.49. The SMILES string of the molecule is COC(=O)C[C@@H](O)NC(=O)OC(C)(C)C. The van der Waals surface area contributed by atoms with Crippen LogP contribution >= 0.6 is 0 Å². The van der Waals surface area contributed by atoms with Crippen LogP contribution < -0.4 is 5.32 Å². The van der Waals surface area contributed by atoms with Gasteiger partial charge in [-0.1, -0.05) is 0 Å². The first-order chi connectivity index (χ1) is 6.74. The molecule has 1 amide bonds. The van der Waals surface area contributed by atoms with E-state index in [2.05, 4.69) is 10.1 Å². The van der Waals surface area contributed by atoms with Crippen LogP contribution in [0.5, 0.6) is 0 Å². The van der Waals surface area contributed by atoms with Gasteiger partial charge in [-0.05, 0) is 20.8 Å². The number of amides is 1. The number of alkyl carbamates (subject to hydrolysis) is 1. The molecule has 2 N–H and O–H groups in total. The molecule has 0 aliphatic carbocycles. The Hall–Kier alpha value is -1.30. The zero-order valence-electron chi connectivity index (χ0n) is 9.36. The molecule has 1 atom stereocenters. The van der Waals surface area contributed by atoms with Gasteiger partial charge in [-0.25, -0.2) is 4.79 Å². The maximum atomic E-state index is 11.1. The Balaban J connectivity index is 3.92. The fourth-order valence-corrected chi connectivity index (χ4v) is 0.736. The Labute approximate surface area is 88.6 Å². The molecule has 0 aliphatic heterocycles. The Morgan fingerprint density at radius 3 is 2.33 bits per heavy atom. The van der Waals surface area contributed by atoms with Crippen molar-refractivity contribution >= 4 is 12.1 Å². The third-order valence-electron chi connectivity index (χ3n) is 1.27. The molecule has 15 heavy (non-hydrogen) atoms. The number of aliphatic hydroxyl groups excluding tert-OH is 1. The van der Waals surface area contributed by atoms with Crippen molar-refractivity contribution in [3.63, 3.8) is 0 Å². The molecule has 88 valence electrons. The zero-order valence-corrected chi connectivity index (χ0v) is 9.36. The smallest absolute Gasteiger partial charge is 0.409 e. The summed E-state index contributed by atoms with van der Waals surface area (Å²) in [6.07, 6.45) is -2.39. The van der Waals surface area contributed by atoms with Gasteiger partial charge in [-0.3, -0.25) is 10.1 Å². The van der Waals surface area contributed by atoms with Crippen LogP contribution in [0, 0.1) is 0 Å². The van der Waals surface area contributed by atoms with Gasteiger partial charge in [-0.2, -0.15) is 0 Å². The summed E-state index contributed by atoms with van der Waals surface area (Å²) in [4.78, 5) is 21.8. The first kappa shape index (κ1) is 13.7. The normalized spacial score (nSPS) is 12.9. The largest absolute Gasteiger partial charge is 0.469 e. The van der Waals surface area contributed by atoms with Crippen LogP contribution in [0.1, 0.15) is 27.2 Å². The molecule has 0 aliphatic rings. The number of hydrogen-bond acceptors (Lipinski definition) is 5. The number of nitrogens with one attached hydrogen (secondary N) is 1. The number of methoxy groups -OCH3 is 1. The highest BCUT2D eigenvalue weighted by Crippen LogP contribution is 2.06. The summed E-state index contributed by atoms with van der Waals surface area (Å²) >= 11 is 0. The van der Waals surface area contributed by atoms with Gasteiger partial charge < -0.3 is 14.6 Å². The third kappa shape index (κ3) is 7.75. The quantitative estimate of drug-likeness (QED) is 0.530. The van der Waals surface area contributed by atoms with Crippen LogP contribution in [-0.4, -0.2) is 36.1 Å². The highest BCUT2D eigenvalue weighted by Gasteiger charge is 2.19. The zero-order chi connectivity index (χ0) is 12.1. The van der Waals surface area contributed by atoms with E-state index in [9.17, 15) is 14.7 Å². The van der Waals surface area contributed by atoms with Gasteiger partial charge in [0.15, 0.2) is 0 Å². The van der Waals surface area contributed by atoms with Gasteiger partial charge in [0.05, 0.1) is 13.5 Å². The van der Waals surface area contributed by atoms with E-state index in [1.807, 2.05) is 0 Å². The Morgan fingerprint density at radius 2 is 1.93 bits per heavy atom. The summed E-state index contributed by atoms with van der Waals surface area (Å²) in [6, 6.07) is 0. The number of aliphatic hydroxyl groups is 1. The minimum absolute atomic E-state index is 0.310. The summed E-state index contributed by atoms with van der Waals surface area (Å²) in [5.41, 5.74) is -0.644. The van der Waals surface area contributed by atoms with Gasteiger partial charge >= 0.3 is 12.1 Å². The summed E-state index contributed by atoms with van der Waals surface area (Å²) in [5.74, 6) is -0.612. The average Bonchev–Trinajstić information content (AvgIpc) is 1.99. The van der Waals surface area contributed by atoms with E-state index in [4.69, 9.17) is 4.74 Å². The second-order valence-corrected chi connectivity index (χ2v) is 3.94. The van der Waals surface area contributed by atoms with Crippen LogP contribution in [0.3, 0.4) is 0 Å². The van der Waals surface area contributed by atoms with Crippen molar-refractivity contribution in [2.45, 2.75) is 39.0 Å². The number of carbonyl (C=O) groups is 2. The van der Waals surface area contributed by atoms with E-state index in [1.165, 1.54) is 7.11 Å². The number of ether oxygens (including phenoxy) is 2. The fourth-order valence-electron chi connectivity index (χ4n) is 0.736. The molecule has 0 unspecified atom stereocenters. The van der Waals surface area contributed by atoms with Crippen LogP contribution in [0.4, 0.5) is 4.79 Å². The maximum absolute atomic E-state index is 11.1. The van der Waals surface area contributed by atoms with E-state index in [-0.39, 0.29) is 6.42 Å². The Kier molecular flexibility index (Phi) is 5.07. The lowest BCUT2D eigenvalue weighted by molar-refractivity contribution is -0.143. The molecule has 0 aromatic heterocycles. The number of carbonyl (C=O) groups excluding carboxylic acids is 2. The van der Waals surface area contributed by atoms with Gasteiger partial charge in [0.2, 0.25) is 0 Å². The van der Waals surface area contributed by atoms with Crippen molar-refractivity contribution in [2.75, 3.05) is 7.11 Å². The monoisotopic (exact) mass is 219 g/mol. The molecule has 0 rings (SSSR count).